The Morgan fingerprint density at radius 2 is 1.92 bits per heavy atom. The summed E-state index contributed by atoms with van der Waals surface area (Å²) in [7, 11) is 0. The third-order valence-corrected chi connectivity index (χ3v) is 5.11. The maximum absolute atomic E-state index is 13.5. The van der Waals surface area contributed by atoms with Gasteiger partial charge in [-0.05, 0) is 59.1 Å². The first kappa shape index (κ1) is 18.1. The maximum atomic E-state index is 13.5. The molecule has 2 saturated heterocycles. The Morgan fingerprint density at radius 3 is 2.44 bits per heavy atom. The van der Waals surface area contributed by atoms with E-state index in [0.717, 1.165) is 19.3 Å². The fourth-order valence-electron chi connectivity index (χ4n) is 4.05. The van der Waals surface area contributed by atoms with E-state index in [-0.39, 0.29) is 29.7 Å². The average Bonchev–Trinajstić information content (AvgIpc) is 2.47. The number of hydrogen-bond donors (Lipinski definition) is 1. The molecule has 25 heavy (non-hydrogen) atoms. The number of carbonyl (C=O) groups is 1. The van der Waals surface area contributed by atoms with Gasteiger partial charge >= 0.3 is 6.09 Å². The normalized spacial score (nSPS) is 29.4. The highest BCUT2D eigenvalue weighted by atomic mass is 19.1. The van der Waals surface area contributed by atoms with Crippen LogP contribution in [0, 0.1) is 12.7 Å². The van der Waals surface area contributed by atoms with Crippen LogP contribution in [0.1, 0.15) is 64.3 Å². The lowest BCUT2D eigenvalue weighted by Gasteiger charge is -2.51. The van der Waals surface area contributed by atoms with Crippen LogP contribution in [0.3, 0.4) is 0 Å². The second-order valence-electron chi connectivity index (χ2n) is 8.33. The number of pyridine rings is 1. The molecular weight excluding hydrogens is 323 g/mol. The molecule has 3 rings (SSSR count). The van der Waals surface area contributed by atoms with Crippen LogP contribution in [0.4, 0.5) is 9.18 Å². The molecule has 0 aromatic carbocycles. The number of aliphatic hydroxyl groups is 1. The van der Waals surface area contributed by atoms with Crippen LogP contribution in [0.2, 0.25) is 0 Å². The van der Waals surface area contributed by atoms with Crippen molar-refractivity contribution in [2.75, 3.05) is 0 Å². The highest BCUT2D eigenvalue weighted by Gasteiger charge is 2.49. The van der Waals surface area contributed by atoms with Crippen LogP contribution in [-0.2, 0) is 10.3 Å². The van der Waals surface area contributed by atoms with Gasteiger partial charge in [-0.2, -0.15) is 0 Å². The molecule has 2 bridgehead atoms. The Balaban J connectivity index is 1.85. The topological polar surface area (TPSA) is 62.7 Å². The highest BCUT2D eigenvalue weighted by molar-refractivity contribution is 5.69. The van der Waals surface area contributed by atoms with E-state index in [1.807, 2.05) is 20.8 Å². The summed E-state index contributed by atoms with van der Waals surface area (Å²) in [6, 6.07) is 2.74. The molecule has 0 spiro atoms. The van der Waals surface area contributed by atoms with Gasteiger partial charge in [0.15, 0.2) is 0 Å². The Bertz CT molecular complexity index is 657. The zero-order valence-electron chi connectivity index (χ0n) is 15.4. The van der Waals surface area contributed by atoms with Crippen LogP contribution in [0.25, 0.3) is 0 Å². The van der Waals surface area contributed by atoms with Crippen LogP contribution >= 0.6 is 0 Å². The number of ether oxygens (including phenoxy) is 1. The van der Waals surface area contributed by atoms with E-state index in [9.17, 15) is 14.3 Å². The Hall–Kier alpha value is -1.69. The number of halogens is 1. The molecule has 1 aromatic heterocycles. The van der Waals surface area contributed by atoms with Crippen molar-refractivity contribution in [2.24, 2.45) is 0 Å². The highest BCUT2D eigenvalue weighted by Crippen LogP contribution is 2.44. The minimum absolute atomic E-state index is 0.0838. The van der Waals surface area contributed by atoms with Crippen molar-refractivity contribution in [3.63, 3.8) is 0 Å². The van der Waals surface area contributed by atoms with E-state index in [1.165, 1.54) is 6.07 Å². The summed E-state index contributed by atoms with van der Waals surface area (Å²) in [5.74, 6) is -0.376. The summed E-state index contributed by atoms with van der Waals surface area (Å²) in [5.41, 5.74) is -0.903. The summed E-state index contributed by atoms with van der Waals surface area (Å²) in [4.78, 5) is 18.7. The largest absolute Gasteiger partial charge is 0.444 e. The van der Waals surface area contributed by atoms with E-state index in [1.54, 1.807) is 17.9 Å². The summed E-state index contributed by atoms with van der Waals surface area (Å²) < 4.78 is 19.1. The quantitative estimate of drug-likeness (QED) is 0.839. The summed E-state index contributed by atoms with van der Waals surface area (Å²) >= 11 is 0. The second kappa shape index (κ2) is 6.24. The van der Waals surface area contributed by atoms with Gasteiger partial charge in [-0.3, -0.25) is 4.98 Å². The smallest absolute Gasteiger partial charge is 0.410 e. The van der Waals surface area contributed by atoms with E-state index < -0.39 is 11.2 Å². The minimum Gasteiger partial charge on any atom is -0.444 e. The Labute approximate surface area is 148 Å². The first-order chi connectivity index (χ1) is 11.6. The number of aromatic nitrogens is 1. The van der Waals surface area contributed by atoms with Gasteiger partial charge in [-0.15, -0.1) is 0 Å². The monoisotopic (exact) mass is 350 g/mol. The van der Waals surface area contributed by atoms with Crippen molar-refractivity contribution in [2.45, 2.75) is 83.1 Å². The van der Waals surface area contributed by atoms with Crippen molar-refractivity contribution in [3.8, 4) is 0 Å². The average molecular weight is 350 g/mol. The number of hydrogen-bond acceptors (Lipinski definition) is 4. The first-order valence-electron chi connectivity index (χ1n) is 8.96. The van der Waals surface area contributed by atoms with Crippen molar-refractivity contribution in [1.82, 2.24) is 9.88 Å². The van der Waals surface area contributed by atoms with Gasteiger partial charge in [0, 0.05) is 24.9 Å². The van der Waals surface area contributed by atoms with E-state index in [2.05, 4.69) is 4.98 Å². The number of nitrogens with zero attached hydrogens (tertiary/aromatic N) is 2. The lowest BCUT2D eigenvalue weighted by atomic mass is 9.74. The van der Waals surface area contributed by atoms with Gasteiger partial charge in [0.1, 0.15) is 17.0 Å². The number of piperidine rings is 2. The number of amides is 1. The summed E-state index contributed by atoms with van der Waals surface area (Å²) in [6.45, 7) is 7.16. The van der Waals surface area contributed by atoms with Crippen LogP contribution in [0.5, 0.6) is 0 Å². The zero-order chi connectivity index (χ0) is 18.4. The van der Waals surface area contributed by atoms with Gasteiger partial charge in [-0.25, -0.2) is 9.18 Å². The van der Waals surface area contributed by atoms with Crippen molar-refractivity contribution < 1.29 is 19.0 Å². The van der Waals surface area contributed by atoms with Gasteiger partial charge in [0.2, 0.25) is 0 Å². The van der Waals surface area contributed by atoms with Crippen LogP contribution < -0.4 is 0 Å². The predicted octanol–water partition coefficient (Wildman–Crippen LogP) is 3.67. The maximum Gasteiger partial charge on any atom is 0.410 e. The minimum atomic E-state index is -1.13. The molecule has 0 aliphatic carbocycles. The fraction of sp³-hybridized carbons (Fsp3) is 0.684. The van der Waals surface area contributed by atoms with E-state index in [4.69, 9.17) is 4.74 Å². The molecule has 0 radical (unpaired) electrons. The third kappa shape index (κ3) is 3.64. The van der Waals surface area contributed by atoms with E-state index in [0.29, 0.717) is 18.5 Å². The molecule has 1 N–H and O–H groups in total. The summed E-state index contributed by atoms with van der Waals surface area (Å²) in [6.07, 6.45) is 3.19. The Kier molecular flexibility index (Phi) is 4.52. The lowest BCUT2D eigenvalue weighted by Crippen LogP contribution is -2.59. The fourth-order valence-corrected chi connectivity index (χ4v) is 4.05. The number of rotatable bonds is 1. The van der Waals surface area contributed by atoms with Crippen LogP contribution in [0.15, 0.2) is 12.1 Å². The molecule has 1 aromatic rings. The van der Waals surface area contributed by atoms with Crippen molar-refractivity contribution in [3.05, 3.63) is 29.3 Å². The molecule has 2 unspecified atom stereocenters. The predicted molar refractivity (Wildman–Crippen MR) is 91.6 cm³/mol. The third-order valence-electron chi connectivity index (χ3n) is 5.11. The molecule has 6 heteroatoms. The van der Waals surface area contributed by atoms with Crippen LogP contribution in [-0.4, -0.2) is 38.8 Å². The zero-order valence-corrected chi connectivity index (χ0v) is 15.4. The first-order valence-corrected chi connectivity index (χ1v) is 8.96. The molecule has 2 aliphatic heterocycles. The molecule has 1 amide bonds. The molecule has 2 atom stereocenters. The molecule has 2 aliphatic rings. The summed E-state index contributed by atoms with van der Waals surface area (Å²) in [5, 5.41) is 11.2. The standard InChI is InChI=1S/C19H27FN2O3/c1-12-15(20)8-9-16(21-12)19(24)10-13-6-5-7-14(11-19)22(13)17(23)25-18(2,3)4/h8-9,13-14,24H,5-7,10-11H2,1-4H3. The van der Waals surface area contributed by atoms with E-state index >= 15 is 0 Å². The number of fused-ring (bicyclic) bond motifs is 2. The lowest BCUT2D eigenvalue weighted by molar-refractivity contribution is -0.0985. The number of carbonyl (C=O) groups excluding carboxylic acids is 1. The molecule has 138 valence electrons. The number of aryl methyl sites for hydroxylation is 1. The molecule has 2 fully saturated rings. The Morgan fingerprint density at radius 1 is 1.32 bits per heavy atom. The molecule has 0 saturated carbocycles. The molecular formula is C19H27FN2O3. The second-order valence-corrected chi connectivity index (χ2v) is 8.33. The van der Waals surface area contributed by atoms with Gasteiger partial charge < -0.3 is 14.7 Å². The van der Waals surface area contributed by atoms with Gasteiger partial charge in [-0.1, -0.05) is 0 Å². The van der Waals surface area contributed by atoms with Crippen molar-refractivity contribution in [1.29, 1.82) is 0 Å². The molecule has 3 heterocycles. The van der Waals surface area contributed by atoms with Gasteiger partial charge in [0.05, 0.1) is 11.4 Å². The molecule has 5 nitrogen and oxygen atoms in total. The van der Waals surface area contributed by atoms with Gasteiger partial charge in [0.25, 0.3) is 0 Å². The SMILES string of the molecule is Cc1nc(C2(O)CC3CCCC(C2)N3C(=O)OC(C)(C)C)ccc1F. The van der Waals surface area contributed by atoms with Crippen molar-refractivity contribution >= 4 is 6.09 Å².